The molecule has 1 aliphatic rings. The maximum atomic E-state index is 11.7. The van der Waals surface area contributed by atoms with Crippen LogP contribution >= 0.6 is 0 Å². The first kappa shape index (κ1) is 13.9. The SMILES string of the molecule is CNCC(C)S(=O)(=O)NCCC1CCOC1. The van der Waals surface area contributed by atoms with Gasteiger partial charge >= 0.3 is 0 Å². The van der Waals surface area contributed by atoms with Crippen LogP contribution in [0.1, 0.15) is 19.8 Å². The molecule has 0 aromatic carbocycles. The minimum atomic E-state index is -3.17. The summed E-state index contributed by atoms with van der Waals surface area (Å²) in [7, 11) is -1.42. The van der Waals surface area contributed by atoms with Crippen molar-refractivity contribution in [3.8, 4) is 0 Å². The van der Waals surface area contributed by atoms with Gasteiger partial charge in [0.2, 0.25) is 10.0 Å². The van der Waals surface area contributed by atoms with Gasteiger partial charge in [-0.1, -0.05) is 0 Å². The van der Waals surface area contributed by atoms with E-state index < -0.39 is 15.3 Å². The largest absolute Gasteiger partial charge is 0.381 e. The average Bonchev–Trinajstić information content (AvgIpc) is 2.70. The molecule has 96 valence electrons. The van der Waals surface area contributed by atoms with E-state index in [0.29, 0.717) is 19.0 Å². The fourth-order valence-corrected chi connectivity index (χ4v) is 2.83. The van der Waals surface area contributed by atoms with E-state index in [1.165, 1.54) is 0 Å². The van der Waals surface area contributed by atoms with Crippen molar-refractivity contribution in [2.24, 2.45) is 5.92 Å². The maximum absolute atomic E-state index is 11.7. The van der Waals surface area contributed by atoms with Crippen molar-refractivity contribution in [2.45, 2.75) is 25.0 Å². The Labute approximate surface area is 98.0 Å². The summed E-state index contributed by atoms with van der Waals surface area (Å²) in [5.74, 6) is 0.516. The second kappa shape index (κ2) is 6.54. The lowest BCUT2D eigenvalue weighted by molar-refractivity contribution is 0.184. The van der Waals surface area contributed by atoms with Crippen molar-refractivity contribution < 1.29 is 13.2 Å². The number of ether oxygens (including phenoxy) is 1. The Balaban J connectivity index is 2.24. The third kappa shape index (κ3) is 4.37. The summed E-state index contributed by atoms with van der Waals surface area (Å²) in [5, 5.41) is 2.47. The molecular formula is C10H22N2O3S. The topological polar surface area (TPSA) is 67.4 Å². The molecule has 2 unspecified atom stereocenters. The molecule has 16 heavy (non-hydrogen) atoms. The molecule has 1 saturated heterocycles. The Hall–Kier alpha value is -0.170. The average molecular weight is 250 g/mol. The zero-order valence-electron chi connectivity index (χ0n) is 10.0. The van der Waals surface area contributed by atoms with Gasteiger partial charge in [-0.25, -0.2) is 13.1 Å². The molecule has 2 N–H and O–H groups in total. The Morgan fingerprint density at radius 1 is 1.50 bits per heavy atom. The van der Waals surface area contributed by atoms with Crippen molar-refractivity contribution >= 4 is 10.0 Å². The van der Waals surface area contributed by atoms with E-state index in [0.717, 1.165) is 26.1 Å². The van der Waals surface area contributed by atoms with Gasteiger partial charge in [-0.2, -0.15) is 0 Å². The molecule has 0 aromatic rings. The first-order chi connectivity index (χ1) is 7.56. The van der Waals surface area contributed by atoms with Gasteiger partial charge in [0, 0.05) is 26.3 Å². The van der Waals surface area contributed by atoms with Crippen LogP contribution in [0.3, 0.4) is 0 Å². The number of rotatable bonds is 7. The Morgan fingerprint density at radius 3 is 2.81 bits per heavy atom. The summed E-state index contributed by atoms with van der Waals surface area (Å²) in [5.41, 5.74) is 0. The molecule has 6 heteroatoms. The summed E-state index contributed by atoms with van der Waals surface area (Å²) in [6.45, 7) is 4.28. The summed E-state index contributed by atoms with van der Waals surface area (Å²) >= 11 is 0. The molecule has 0 saturated carbocycles. The fraction of sp³-hybridized carbons (Fsp3) is 1.00. The third-order valence-electron chi connectivity index (χ3n) is 2.90. The predicted molar refractivity (Wildman–Crippen MR) is 63.9 cm³/mol. The van der Waals surface area contributed by atoms with Crippen molar-refractivity contribution in [3.63, 3.8) is 0 Å². The second-order valence-corrected chi connectivity index (χ2v) is 6.51. The van der Waals surface area contributed by atoms with Gasteiger partial charge < -0.3 is 10.1 Å². The molecule has 5 nitrogen and oxygen atoms in total. The van der Waals surface area contributed by atoms with E-state index in [-0.39, 0.29) is 0 Å². The normalized spacial score (nSPS) is 23.5. The zero-order valence-corrected chi connectivity index (χ0v) is 10.8. The highest BCUT2D eigenvalue weighted by atomic mass is 32.2. The van der Waals surface area contributed by atoms with E-state index in [1.54, 1.807) is 14.0 Å². The predicted octanol–water partition coefficient (Wildman–Crippen LogP) is -0.0597. The highest BCUT2D eigenvalue weighted by Crippen LogP contribution is 2.15. The lowest BCUT2D eigenvalue weighted by Gasteiger charge is -2.14. The molecule has 1 rings (SSSR count). The summed E-state index contributed by atoms with van der Waals surface area (Å²) in [6.07, 6.45) is 1.92. The Morgan fingerprint density at radius 2 is 2.25 bits per heavy atom. The molecule has 1 aliphatic heterocycles. The molecule has 0 spiro atoms. The second-order valence-electron chi connectivity index (χ2n) is 4.33. The highest BCUT2D eigenvalue weighted by Gasteiger charge is 2.21. The van der Waals surface area contributed by atoms with Gasteiger partial charge in [0.25, 0.3) is 0 Å². The van der Waals surface area contributed by atoms with E-state index in [4.69, 9.17) is 4.74 Å². The van der Waals surface area contributed by atoms with E-state index in [9.17, 15) is 8.42 Å². The van der Waals surface area contributed by atoms with Gasteiger partial charge in [-0.05, 0) is 32.7 Å². The van der Waals surface area contributed by atoms with Gasteiger partial charge in [0.05, 0.1) is 5.25 Å². The number of hydrogen-bond donors (Lipinski definition) is 2. The highest BCUT2D eigenvalue weighted by molar-refractivity contribution is 7.90. The maximum Gasteiger partial charge on any atom is 0.215 e. The van der Waals surface area contributed by atoms with Gasteiger partial charge in [0.15, 0.2) is 0 Å². The van der Waals surface area contributed by atoms with Crippen LogP contribution in [0.4, 0.5) is 0 Å². The lowest BCUT2D eigenvalue weighted by atomic mass is 10.1. The quantitative estimate of drug-likeness (QED) is 0.664. The summed E-state index contributed by atoms with van der Waals surface area (Å²) in [6, 6.07) is 0. The lowest BCUT2D eigenvalue weighted by Crippen LogP contribution is -2.38. The van der Waals surface area contributed by atoms with Crippen LogP contribution in [0, 0.1) is 5.92 Å². The number of sulfonamides is 1. The summed E-state index contributed by atoms with van der Waals surface area (Å²) in [4.78, 5) is 0. The van der Waals surface area contributed by atoms with E-state index >= 15 is 0 Å². The molecule has 0 radical (unpaired) electrons. The third-order valence-corrected chi connectivity index (χ3v) is 4.73. The fourth-order valence-electron chi connectivity index (χ4n) is 1.76. The van der Waals surface area contributed by atoms with Crippen LogP contribution in [-0.2, 0) is 14.8 Å². The van der Waals surface area contributed by atoms with Gasteiger partial charge in [0.1, 0.15) is 0 Å². The standard InChI is InChI=1S/C10H22N2O3S/c1-9(7-11-2)16(13,14)12-5-3-10-4-6-15-8-10/h9-12H,3-8H2,1-2H3. The Bertz CT molecular complexity index is 286. The number of nitrogens with one attached hydrogen (secondary N) is 2. The van der Waals surface area contributed by atoms with Gasteiger partial charge in [-0.3, -0.25) is 0 Å². The van der Waals surface area contributed by atoms with Crippen LogP contribution in [-0.4, -0.2) is 47.0 Å². The van der Waals surface area contributed by atoms with E-state index in [1.807, 2.05) is 0 Å². The zero-order chi connectivity index (χ0) is 12.0. The minimum absolute atomic E-state index is 0.391. The van der Waals surface area contributed by atoms with Crippen LogP contribution in [0.25, 0.3) is 0 Å². The molecule has 1 heterocycles. The molecule has 0 aromatic heterocycles. The molecular weight excluding hydrogens is 228 g/mol. The first-order valence-electron chi connectivity index (χ1n) is 5.77. The monoisotopic (exact) mass is 250 g/mol. The summed E-state index contributed by atoms with van der Waals surface area (Å²) < 4.78 is 31.3. The van der Waals surface area contributed by atoms with Crippen LogP contribution in [0.15, 0.2) is 0 Å². The van der Waals surface area contributed by atoms with Crippen molar-refractivity contribution in [1.82, 2.24) is 10.0 Å². The molecule has 0 bridgehead atoms. The van der Waals surface area contributed by atoms with Crippen LogP contribution in [0.2, 0.25) is 0 Å². The minimum Gasteiger partial charge on any atom is -0.381 e. The smallest absolute Gasteiger partial charge is 0.215 e. The number of hydrogen-bond acceptors (Lipinski definition) is 4. The Kier molecular flexibility index (Phi) is 5.68. The van der Waals surface area contributed by atoms with Crippen molar-refractivity contribution in [3.05, 3.63) is 0 Å². The van der Waals surface area contributed by atoms with Crippen LogP contribution in [0.5, 0.6) is 0 Å². The van der Waals surface area contributed by atoms with E-state index in [2.05, 4.69) is 10.0 Å². The molecule has 0 amide bonds. The molecule has 0 aliphatic carbocycles. The van der Waals surface area contributed by atoms with Crippen molar-refractivity contribution in [1.29, 1.82) is 0 Å². The van der Waals surface area contributed by atoms with Crippen LogP contribution < -0.4 is 10.0 Å². The first-order valence-corrected chi connectivity index (χ1v) is 7.31. The molecule has 2 atom stereocenters. The molecule has 1 fully saturated rings. The van der Waals surface area contributed by atoms with Gasteiger partial charge in [-0.15, -0.1) is 0 Å². The van der Waals surface area contributed by atoms with Crippen molar-refractivity contribution in [2.75, 3.05) is 33.4 Å².